The number of thioether (sulfide) groups is 1. The number of nitrogens with zero attached hydrogens (tertiary/aromatic N) is 3. The van der Waals surface area contributed by atoms with Gasteiger partial charge in [0.05, 0.1) is 5.69 Å². The molecule has 2 aromatic rings. The van der Waals surface area contributed by atoms with Crippen molar-refractivity contribution >= 4 is 35.1 Å². The molecule has 0 fully saturated rings. The second-order valence-corrected chi connectivity index (χ2v) is 6.53. The van der Waals surface area contributed by atoms with Gasteiger partial charge in [-0.2, -0.15) is 16.9 Å². The summed E-state index contributed by atoms with van der Waals surface area (Å²) in [7, 11) is 2.00. The number of aromatic nitrogens is 4. The van der Waals surface area contributed by atoms with E-state index in [1.165, 1.54) is 0 Å². The first-order valence-electron chi connectivity index (χ1n) is 6.83. The van der Waals surface area contributed by atoms with E-state index in [1.54, 1.807) is 0 Å². The molecule has 0 aliphatic carbocycles. The van der Waals surface area contributed by atoms with Crippen LogP contribution >= 0.6 is 24.0 Å². The van der Waals surface area contributed by atoms with E-state index in [9.17, 15) is 0 Å². The second kappa shape index (κ2) is 6.13. The zero-order valence-corrected chi connectivity index (χ0v) is 13.7. The number of aryl methyl sites for hydroxylation is 2. The zero-order valence-electron chi connectivity index (χ0n) is 12.1. The molecule has 0 bridgehead atoms. The first kappa shape index (κ1) is 14.7. The van der Waals surface area contributed by atoms with Crippen LogP contribution in [0.1, 0.15) is 38.9 Å². The van der Waals surface area contributed by atoms with Crippen LogP contribution in [-0.2, 0) is 13.5 Å². The molecule has 0 aromatic carbocycles. The number of rotatable bonds is 6. The molecule has 0 aliphatic heterocycles. The standard InChI is InChI=1S/C13H22N4S2/c1-5-7-10-11-12(16(4)15-10)17(13(18)14-11)9(3)8-19-6-2/h9H,5-8H2,1-4H3,(H,14,18). The number of nitrogens with one attached hydrogen (secondary N) is 1. The summed E-state index contributed by atoms with van der Waals surface area (Å²) in [6.45, 7) is 6.58. The van der Waals surface area contributed by atoms with Gasteiger partial charge in [0, 0.05) is 18.8 Å². The molecule has 0 amide bonds. The van der Waals surface area contributed by atoms with Crippen LogP contribution in [0.25, 0.3) is 11.2 Å². The Hall–Kier alpha value is -0.750. The SMILES string of the molecule is CCCc1nn(C)c2c1[nH]c(=S)n2C(C)CSCC. The molecular weight excluding hydrogens is 276 g/mol. The lowest BCUT2D eigenvalue weighted by Crippen LogP contribution is -2.10. The number of hydrogen-bond acceptors (Lipinski definition) is 3. The molecule has 6 heteroatoms. The maximum Gasteiger partial charge on any atom is 0.179 e. The van der Waals surface area contributed by atoms with E-state index >= 15 is 0 Å². The highest BCUT2D eigenvalue weighted by atomic mass is 32.2. The van der Waals surface area contributed by atoms with Crippen LogP contribution in [0.4, 0.5) is 0 Å². The van der Waals surface area contributed by atoms with Crippen LogP contribution in [-0.4, -0.2) is 30.8 Å². The van der Waals surface area contributed by atoms with E-state index in [0.717, 1.165) is 46.0 Å². The molecule has 0 saturated carbocycles. The molecule has 1 N–H and O–H groups in total. The molecular formula is C13H22N4S2. The lowest BCUT2D eigenvalue weighted by molar-refractivity contribution is 0.595. The highest BCUT2D eigenvalue weighted by Gasteiger charge is 2.18. The van der Waals surface area contributed by atoms with Crippen molar-refractivity contribution in [2.45, 2.75) is 39.7 Å². The maximum atomic E-state index is 5.49. The van der Waals surface area contributed by atoms with Gasteiger partial charge in [-0.3, -0.25) is 9.25 Å². The average Bonchev–Trinajstić information content (AvgIpc) is 2.85. The summed E-state index contributed by atoms with van der Waals surface area (Å²) >= 11 is 7.44. The summed E-state index contributed by atoms with van der Waals surface area (Å²) in [5.41, 5.74) is 3.36. The van der Waals surface area contributed by atoms with Crippen LogP contribution in [0.3, 0.4) is 0 Å². The van der Waals surface area contributed by atoms with Gasteiger partial charge in [-0.1, -0.05) is 20.3 Å². The molecule has 0 saturated heterocycles. The average molecular weight is 298 g/mol. The maximum absolute atomic E-state index is 5.49. The number of H-pyrrole nitrogens is 1. The first-order valence-corrected chi connectivity index (χ1v) is 8.40. The zero-order chi connectivity index (χ0) is 14.0. The van der Waals surface area contributed by atoms with Gasteiger partial charge in [0.1, 0.15) is 5.52 Å². The van der Waals surface area contributed by atoms with Gasteiger partial charge in [0.2, 0.25) is 0 Å². The third kappa shape index (κ3) is 2.74. The highest BCUT2D eigenvalue weighted by Crippen LogP contribution is 2.24. The third-order valence-electron chi connectivity index (χ3n) is 3.26. The van der Waals surface area contributed by atoms with E-state index < -0.39 is 0 Å². The highest BCUT2D eigenvalue weighted by molar-refractivity contribution is 7.99. The number of imidazole rings is 1. The molecule has 1 atom stereocenters. The number of hydrogen-bond donors (Lipinski definition) is 1. The summed E-state index contributed by atoms with van der Waals surface area (Å²) < 4.78 is 4.98. The Morgan fingerprint density at radius 1 is 1.42 bits per heavy atom. The third-order valence-corrected chi connectivity index (χ3v) is 4.68. The van der Waals surface area contributed by atoms with Crippen molar-refractivity contribution in [3.05, 3.63) is 10.5 Å². The Bertz CT molecular complexity index is 608. The Kier molecular flexibility index (Phi) is 4.73. The van der Waals surface area contributed by atoms with Crippen LogP contribution in [0, 0.1) is 4.77 Å². The summed E-state index contributed by atoms with van der Waals surface area (Å²) in [6, 6.07) is 0.385. The molecule has 19 heavy (non-hydrogen) atoms. The molecule has 2 rings (SSSR count). The van der Waals surface area contributed by atoms with Crippen LogP contribution < -0.4 is 0 Å². The van der Waals surface area contributed by atoms with Crippen molar-refractivity contribution in [1.29, 1.82) is 0 Å². The van der Waals surface area contributed by atoms with Gasteiger partial charge in [-0.05, 0) is 31.3 Å². The van der Waals surface area contributed by atoms with Gasteiger partial charge in [-0.15, -0.1) is 0 Å². The fourth-order valence-electron chi connectivity index (χ4n) is 2.42. The fourth-order valence-corrected chi connectivity index (χ4v) is 3.52. The molecule has 2 aromatic heterocycles. The minimum absolute atomic E-state index is 0.385. The van der Waals surface area contributed by atoms with Gasteiger partial charge in [-0.25, -0.2) is 0 Å². The monoisotopic (exact) mass is 298 g/mol. The predicted molar refractivity (Wildman–Crippen MR) is 85.6 cm³/mol. The van der Waals surface area contributed by atoms with Crippen molar-refractivity contribution in [2.24, 2.45) is 7.05 Å². The van der Waals surface area contributed by atoms with Crippen molar-refractivity contribution in [3.8, 4) is 0 Å². The van der Waals surface area contributed by atoms with E-state index in [2.05, 4.69) is 35.4 Å². The predicted octanol–water partition coefficient (Wildman–Crippen LogP) is 3.70. The molecule has 4 nitrogen and oxygen atoms in total. The van der Waals surface area contributed by atoms with Gasteiger partial charge >= 0.3 is 0 Å². The first-order chi connectivity index (χ1) is 9.10. The number of aromatic amines is 1. The van der Waals surface area contributed by atoms with E-state index in [1.807, 2.05) is 23.5 Å². The van der Waals surface area contributed by atoms with Crippen LogP contribution in [0.15, 0.2) is 0 Å². The van der Waals surface area contributed by atoms with Crippen molar-refractivity contribution in [2.75, 3.05) is 11.5 Å². The molecule has 1 unspecified atom stereocenters. The van der Waals surface area contributed by atoms with Gasteiger partial charge in [0.25, 0.3) is 0 Å². The lowest BCUT2D eigenvalue weighted by atomic mass is 10.2. The Labute approximate surface area is 123 Å². The fraction of sp³-hybridized carbons (Fsp3) is 0.692. The van der Waals surface area contributed by atoms with E-state index in [0.29, 0.717) is 6.04 Å². The van der Waals surface area contributed by atoms with Crippen molar-refractivity contribution < 1.29 is 0 Å². The summed E-state index contributed by atoms with van der Waals surface area (Å²) in [5, 5.41) is 4.62. The van der Waals surface area contributed by atoms with Gasteiger partial charge in [0.15, 0.2) is 10.4 Å². The smallest absolute Gasteiger partial charge is 0.179 e. The van der Waals surface area contributed by atoms with Crippen molar-refractivity contribution in [1.82, 2.24) is 19.3 Å². The van der Waals surface area contributed by atoms with Crippen molar-refractivity contribution in [3.63, 3.8) is 0 Å². The second-order valence-electron chi connectivity index (χ2n) is 4.83. The molecule has 2 heterocycles. The molecule has 106 valence electrons. The summed E-state index contributed by atoms with van der Waals surface area (Å²) in [6.07, 6.45) is 2.09. The molecule has 0 aliphatic rings. The van der Waals surface area contributed by atoms with Crippen LogP contribution in [0.2, 0.25) is 0 Å². The largest absolute Gasteiger partial charge is 0.328 e. The van der Waals surface area contributed by atoms with Gasteiger partial charge < -0.3 is 4.98 Å². The minimum Gasteiger partial charge on any atom is -0.328 e. The Balaban J connectivity index is 2.49. The summed E-state index contributed by atoms with van der Waals surface area (Å²) in [4.78, 5) is 3.34. The Morgan fingerprint density at radius 2 is 2.16 bits per heavy atom. The number of fused-ring (bicyclic) bond motifs is 1. The van der Waals surface area contributed by atoms with E-state index in [-0.39, 0.29) is 0 Å². The van der Waals surface area contributed by atoms with E-state index in [4.69, 9.17) is 12.2 Å². The summed E-state index contributed by atoms with van der Waals surface area (Å²) in [5.74, 6) is 2.21. The van der Waals surface area contributed by atoms with Crippen LogP contribution in [0.5, 0.6) is 0 Å². The molecule has 0 spiro atoms. The minimum atomic E-state index is 0.385. The normalized spacial score (nSPS) is 13.3. The topological polar surface area (TPSA) is 38.5 Å². The Morgan fingerprint density at radius 3 is 2.79 bits per heavy atom. The quantitative estimate of drug-likeness (QED) is 0.826. The molecule has 0 radical (unpaired) electrons. The lowest BCUT2D eigenvalue weighted by Gasteiger charge is -2.13.